The lowest BCUT2D eigenvalue weighted by atomic mass is 9.98. The lowest BCUT2D eigenvalue weighted by Crippen LogP contribution is -2.39. The third-order valence-electron chi connectivity index (χ3n) is 4.64. The molecule has 0 spiro atoms. The van der Waals surface area contributed by atoms with Gasteiger partial charge in [0, 0.05) is 5.02 Å². The second-order valence-corrected chi connectivity index (χ2v) is 7.27. The van der Waals surface area contributed by atoms with Crippen molar-refractivity contribution < 1.29 is 9.53 Å². The van der Waals surface area contributed by atoms with E-state index in [-0.39, 0.29) is 11.9 Å². The van der Waals surface area contributed by atoms with Crippen LogP contribution in [0.5, 0.6) is 5.75 Å². The number of aryl methyl sites for hydroxylation is 2. The molecule has 1 amide bonds. The summed E-state index contributed by atoms with van der Waals surface area (Å²) >= 11 is 6.22. The van der Waals surface area contributed by atoms with Crippen LogP contribution in [0.4, 0.5) is 0 Å². The van der Waals surface area contributed by atoms with Crippen molar-refractivity contribution in [2.45, 2.75) is 32.9 Å². The van der Waals surface area contributed by atoms with Gasteiger partial charge in [0.1, 0.15) is 5.75 Å². The molecule has 0 fully saturated rings. The Morgan fingerprint density at radius 1 is 0.893 bits per heavy atom. The van der Waals surface area contributed by atoms with Gasteiger partial charge in [-0.25, -0.2) is 0 Å². The molecule has 3 aromatic rings. The molecule has 0 saturated heterocycles. The third kappa shape index (κ3) is 4.73. The summed E-state index contributed by atoms with van der Waals surface area (Å²) < 4.78 is 5.89. The summed E-state index contributed by atoms with van der Waals surface area (Å²) in [6.45, 7) is 5.60. The molecule has 0 aliphatic heterocycles. The van der Waals surface area contributed by atoms with Crippen LogP contribution in [-0.4, -0.2) is 12.0 Å². The number of benzene rings is 3. The quantitative estimate of drug-likeness (QED) is 0.589. The van der Waals surface area contributed by atoms with E-state index >= 15 is 0 Å². The highest BCUT2D eigenvalue weighted by Crippen LogP contribution is 2.27. The minimum atomic E-state index is -0.644. The highest BCUT2D eigenvalue weighted by atomic mass is 35.5. The van der Waals surface area contributed by atoms with Gasteiger partial charge in [-0.05, 0) is 55.2 Å². The first-order valence-electron chi connectivity index (χ1n) is 9.29. The van der Waals surface area contributed by atoms with E-state index in [1.807, 2.05) is 86.6 Å². The normalized spacial score (nSPS) is 11.9. The van der Waals surface area contributed by atoms with Crippen molar-refractivity contribution in [3.05, 3.63) is 100 Å². The van der Waals surface area contributed by atoms with Crippen LogP contribution in [0.2, 0.25) is 5.02 Å². The second-order valence-electron chi connectivity index (χ2n) is 6.89. The lowest BCUT2D eigenvalue weighted by molar-refractivity contribution is -0.127. The largest absolute Gasteiger partial charge is 0.481 e. The molecular weight excluding hydrogens is 370 g/mol. The molecule has 0 aliphatic carbocycles. The molecule has 144 valence electrons. The van der Waals surface area contributed by atoms with Gasteiger partial charge in [0.25, 0.3) is 5.91 Å². The number of hydrogen-bond acceptors (Lipinski definition) is 2. The molecule has 3 aromatic carbocycles. The highest BCUT2D eigenvalue weighted by molar-refractivity contribution is 6.32. The van der Waals surface area contributed by atoms with E-state index in [2.05, 4.69) is 5.32 Å². The molecule has 0 saturated carbocycles. The molecule has 3 rings (SSSR count). The molecule has 1 N–H and O–H groups in total. The Kier molecular flexibility index (Phi) is 6.37. The molecule has 3 nitrogen and oxygen atoms in total. The van der Waals surface area contributed by atoms with Crippen molar-refractivity contribution in [2.24, 2.45) is 0 Å². The number of carbonyl (C=O) groups excluding carboxylic acids is 1. The number of halogens is 1. The van der Waals surface area contributed by atoms with Crippen LogP contribution in [0.1, 0.15) is 35.2 Å². The number of carbonyl (C=O) groups is 1. The summed E-state index contributed by atoms with van der Waals surface area (Å²) in [4.78, 5) is 12.9. The van der Waals surface area contributed by atoms with Crippen molar-refractivity contribution in [1.82, 2.24) is 5.32 Å². The van der Waals surface area contributed by atoms with Gasteiger partial charge in [-0.1, -0.05) is 72.3 Å². The van der Waals surface area contributed by atoms with E-state index < -0.39 is 6.10 Å². The average molecular weight is 394 g/mol. The molecule has 1 atom stereocenters. The molecule has 0 aliphatic rings. The maximum absolute atomic E-state index is 12.9. The van der Waals surface area contributed by atoms with Gasteiger partial charge in [-0.2, -0.15) is 0 Å². The van der Waals surface area contributed by atoms with Gasteiger partial charge in [-0.3, -0.25) is 4.79 Å². The number of ether oxygens (including phenoxy) is 1. The number of amides is 1. The van der Waals surface area contributed by atoms with Crippen LogP contribution < -0.4 is 10.1 Å². The van der Waals surface area contributed by atoms with E-state index in [9.17, 15) is 4.79 Å². The van der Waals surface area contributed by atoms with Crippen molar-refractivity contribution in [1.29, 1.82) is 0 Å². The monoisotopic (exact) mass is 393 g/mol. The zero-order valence-corrected chi connectivity index (χ0v) is 17.0. The third-order valence-corrected chi connectivity index (χ3v) is 5.24. The number of rotatable bonds is 6. The molecular formula is C24H24ClNO2. The van der Waals surface area contributed by atoms with E-state index in [1.165, 1.54) is 0 Å². The minimum Gasteiger partial charge on any atom is -0.481 e. The average Bonchev–Trinajstić information content (AvgIpc) is 2.71. The van der Waals surface area contributed by atoms with Gasteiger partial charge in [-0.15, -0.1) is 0 Å². The van der Waals surface area contributed by atoms with Crippen LogP contribution in [0, 0.1) is 13.8 Å². The standard InChI is InChI=1S/C24H24ClNO2/c1-16-14-21(15-17(2)22(16)25)28-18(3)24(27)26-23(19-10-6-4-7-11-19)20-12-8-5-9-13-20/h4-15,18,23H,1-3H3,(H,26,27)/t18-/m1/s1. The SMILES string of the molecule is Cc1cc(O[C@H](C)C(=O)NC(c2ccccc2)c2ccccc2)cc(C)c1Cl. The van der Waals surface area contributed by atoms with Crippen molar-refractivity contribution in [3.8, 4) is 5.75 Å². The maximum atomic E-state index is 12.9. The smallest absolute Gasteiger partial charge is 0.261 e. The topological polar surface area (TPSA) is 38.3 Å². The minimum absolute atomic E-state index is 0.178. The van der Waals surface area contributed by atoms with Crippen LogP contribution >= 0.6 is 11.6 Å². The van der Waals surface area contributed by atoms with E-state index in [0.29, 0.717) is 5.75 Å². The molecule has 0 aromatic heterocycles. The molecule has 0 bridgehead atoms. The summed E-state index contributed by atoms with van der Waals surface area (Å²) in [7, 11) is 0. The maximum Gasteiger partial charge on any atom is 0.261 e. The Labute approximate surface area is 171 Å². The van der Waals surface area contributed by atoms with Gasteiger partial charge in [0.2, 0.25) is 0 Å². The molecule has 4 heteroatoms. The summed E-state index contributed by atoms with van der Waals surface area (Å²) in [5, 5.41) is 3.84. The lowest BCUT2D eigenvalue weighted by Gasteiger charge is -2.23. The van der Waals surface area contributed by atoms with Crippen LogP contribution in [0.3, 0.4) is 0 Å². The van der Waals surface area contributed by atoms with E-state index in [1.54, 1.807) is 6.92 Å². The number of nitrogens with one attached hydrogen (secondary N) is 1. The molecule has 0 heterocycles. The fourth-order valence-electron chi connectivity index (χ4n) is 3.14. The Balaban J connectivity index is 1.78. The second kappa shape index (κ2) is 8.94. The Bertz CT molecular complexity index is 879. The first-order chi connectivity index (χ1) is 13.5. The van der Waals surface area contributed by atoms with Gasteiger partial charge in [0.05, 0.1) is 6.04 Å². The fourth-order valence-corrected chi connectivity index (χ4v) is 3.25. The molecule has 0 unspecified atom stereocenters. The summed E-state index contributed by atoms with van der Waals surface area (Å²) in [5.41, 5.74) is 3.89. The Hall–Kier alpha value is -2.78. The van der Waals surface area contributed by atoms with Gasteiger partial charge in [0.15, 0.2) is 6.10 Å². The fraction of sp³-hybridized carbons (Fsp3) is 0.208. The zero-order chi connectivity index (χ0) is 20.1. The first-order valence-corrected chi connectivity index (χ1v) is 9.67. The number of hydrogen-bond donors (Lipinski definition) is 1. The van der Waals surface area contributed by atoms with Gasteiger partial charge >= 0.3 is 0 Å². The molecule has 0 radical (unpaired) electrons. The van der Waals surface area contributed by atoms with Crippen molar-refractivity contribution in [3.63, 3.8) is 0 Å². The van der Waals surface area contributed by atoms with E-state index in [0.717, 1.165) is 27.3 Å². The van der Waals surface area contributed by atoms with Crippen LogP contribution in [0.25, 0.3) is 0 Å². The highest BCUT2D eigenvalue weighted by Gasteiger charge is 2.22. The van der Waals surface area contributed by atoms with Crippen molar-refractivity contribution >= 4 is 17.5 Å². The van der Waals surface area contributed by atoms with E-state index in [4.69, 9.17) is 16.3 Å². The van der Waals surface area contributed by atoms with Gasteiger partial charge < -0.3 is 10.1 Å². The summed E-state index contributed by atoms with van der Waals surface area (Å²) in [6, 6.07) is 23.3. The Morgan fingerprint density at radius 3 is 1.82 bits per heavy atom. The predicted octanol–water partition coefficient (Wildman–Crippen LogP) is 5.63. The Morgan fingerprint density at radius 2 is 1.36 bits per heavy atom. The first kappa shape index (κ1) is 20.0. The zero-order valence-electron chi connectivity index (χ0n) is 16.3. The predicted molar refractivity (Wildman–Crippen MR) is 114 cm³/mol. The van der Waals surface area contributed by atoms with Crippen LogP contribution in [0.15, 0.2) is 72.8 Å². The van der Waals surface area contributed by atoms with Crippen molar-refractivity contribution in [2.75, 3.05) is 0 Å². The summed E-state index contributed by atoms with van der Waals surface area (Å²) in [6.07, 6.45) is -0.644. The summed E-state index contributed by atoms with van der Waals surface area (Å²) in [5.74, 6) is 0.459. The van der Waals surface area contributed by atoms with Crippen LogP contribution in [-0.2, 0) is 4.79 Å². The molecule has 28 heavy (non-hydrogen) atoms.